The number of carboxylic acids is 1. The van der Waals surface area contributed by atoms with Gasteiger partial charge in [0, 0.05) is 11.6 Å². The van der Waals surface area contributed by atoms with Crippen LogP contribution in [-0.2, 0) is 0 Å². The SMILES string of the molecule is COc1ccc2c(O)c(C=C3N=Nc4ccccc43)oc2c1C(=O)O. The van der Waals surface area contributed by atoms with Gasteiger partial charge in [-0.3, -0.25) is 0 Å². The first-order valence-electron chi connectivity index (χ1n) is 7.38. The summed E-state index contributed by atoms with van der Waals surface area (Å²) in [6.07, 6.45) is 1.53. The number of carbonyl (C=O) groups is 1. The molecule has 0 aliphatic carbocycles. The molecule has 0 bridgehead atoms. The van der Waals surface area contributed by atoms with Gasteiger partial charge in [-0.05, 0) is 18.2 Å². The third kappa shape index (κ3) is 2.25. The van der Waals surface area contributed by atoms with E-state index in [1.54, 1.807) is 6.07 Å². The summed E-state index contributed by atoms with van der Waals surface area (Å²) >= 11 is 0. The van der Waals surface area contributed by atoms with Crippen molar-refractivity contribution in [2.24, 2.45) is 10.2 Å². The summed E-state index contributed by atoms with van der Waals surface area (Å²) in [5, 5.41) is 28.3. The maximum absolute atomic E-state index is 11.6. The summed E-state index contributed by atoms with van der Waals surface area (Å²) in [5.74, 6) is -1.11. The van der Waals surface area contributed by atoms with E-state index < -0.39 is 5.97 Å². The van der Waals surface area contributed by atoms with Crippen LogP contribution in [0.5, 0.6) is 11.5 Å². The van der Waals surface area contributed by atoms with Gasteiger partial charge in [0.1, 0.15) is 11.3 Å². The van der Waals surface area contributed by atoms with Crippen molar-refractivity contribution < 1.29 is 24.2 Å². The average molecular weight is 336 g/mol. The molecule has 2 N–H and O–H groups in total. The van der Waals surface area contributed by atoms with E-state index in [9.17, 15) is 15.0 Å². The molecule has 1 aliphatic heterocycles. The molecule has 0 unspecified atom stereocenters. The van der Waals surface area contributed by atoms with E-state index in [-0.39, 0.29) is 33.8 Å². The number of aromatic hydroxyl groups is 1. The third-order valence-electron chi connectivity index (χ3n) is 3.97. The normalized spacial score (nSPS) is 14.2. The Kier molecular flexibility index (Phi) is 3.28. The fourth-order valence-corrected chi connectivity index (χ4v) is 2.79. The molecule has 0 fully saturated rings. The van der Waals surface area contributed by atoms with Crippen LogP contribution < -0.4 is 4.74 Å². The first-order valence-corrected chi connectivity index (χ1v) is 7.38. The summed E-state index contributed by atoms with van der Waals surface area (Å²) in [7, 11) is 1.37. The molecule has 7 nitrogen and oxygen atoms in total. The van der Waals surface area contributed by atoms with Crippen LogP contribution in [-0.4, -0.2) is 23.3 Å². The maximum Gasteiger partial charge on any atom is 0.343 e. The highest BCUT2D eigenvalue weighted by Crippen LogP contribution is 2.41. The zero-order valence-electron chi connectivity index (χ0n) is 13.1. The van der Waals surface area contributed by atoms with Crippen molar-refractivity contribution >= 4 is 34.4 Å². The number of carboxylic acid groups (broad SMARTS) is 1. The van der Waals surface area contributed by atoms with Crippen molar-refractivity contribution in [2.75, 3.05) is 7.11 Å². The summed E-state index contributed by atoms with van der Waals surface area (Å²) in [4.78, 5) is 11.6. The van der Waals surface area contributed by atoms with Crippen LogP contribution in [0.2, 0.25) is 0 Å². The number of methoxy groups -OCH3 is 1. The number of ether oxygens (including phenoxy) is 1. The second-order valence-electron chi connectivity index (χ2n) is 5.39. The van der Waals surface area contributed by atoms with Gasteiger partial charge in [0.25, 0.3) is 0 Å². The number of furan rings is 1. The fourth-order valence-electron chi connectivity index (χ4n) is 2.79. The fraction of sp³-hybridized carbons (Fsp3) is 0.0556. The quantitative estimate of drug-likeness (QED) is 0.735. The highest BCUT2D eigenvalue weighted by Gasteiger charge is 2.23. The lowest BCUT2D eigenvalue weighted by Gasteiger charge is -2.04. The van der Waals surface area contributed by atoms with Crippen LogP contribution in [0.25, 0.3) is 22.7 Å². The number of hydrogen-bond acceptors (Lipinski definition) is 6. The minimum atomic E-state index is -1.21. The van der Waals surface area contributed by atoms with Crippen LogP contribution in [0, 0.1) is 0 Å². The topological polar surface area (TPSA) is 105 Å². The first-order chi connectivity index (χ1) is 12.1. The van der Waals surface area contributed by atoms with Crippen LogP contribution in [0.4, 0.5) is 5.69 Å². The Hall–Kier alpha value is -3.61. The van der Waals surface area contributed by atoms with Crippen molar-refractivity contribution in [1.82, 2.24) is 0 Å². The molecule has 0 saturated carbocycles. The van der Waals surface area contributed by atoms with E-state index in [0.29, 0.717) is 5.70 Å². The van der Waals surface area contributed by atoms with Crippen LogP contribution >= 0.6 is 0 Å². The number of aromatic carboxylic acids is 1. The minimum Gasteiger partial charge on any atom is -0.504 e. The molecule has 0 atom stereocenters. The molecule has 1 aromatic heterocycles. The molecule has 25 heavy (non-hydrogen) atoms. The lowest BCUT2D eigenvalue weighted by atomic mass is 10.1. The molecule has 0 amide bonds. The maximum atomic E-state index is 11.6. The molecule has 0 spiro atoms. The molecule has 124 valence electrons. The number of rotatable bonds is 3. The van der Waals surface area contributed by atoms with Gasteiger partial charge in [-0.2, -0.15) is 0 Å². The molecule has 2 heterocycles. The summed E-state index contributed by atoms with van der Waals surface area (Å²) in [6.45, 7) is 0. The molecule has 0 saturated heterocycles. The number of fused-ring (bicyclic) bond motifs is 2. The van der Waals surface area contributed by atoms with Crippen LogP contribution in [0.1, 0.15) is 21.7 Å². The first kappa shape index (κ1) is 14.9. The Bertz CT molecular complexity index is 1080. The van der Waals surface area contributed by atoms with Gasteiger partial charge < -0.3 is 19.4 Å². The largest absolute Gasteiger partial charge is 0.504 e. The zero-order chi connectivity index (χ0) is 17.6. The van der Waals surface area contributed by atoms with E-state index in [1.807, 2.05) is 24.3 Å². The van der Waals surface area contributed by atoms with E-state index >= 15 is 0 Å². The minimum absolute atomic E-state index is 0.0411. The number of nitrogens with zero attached hydrogens (tertiary/aromatic N) is 2. The van der Waals surface area contributed by atoms with E-state index in [2.05, 4.69) is 10.2 Å². The highest BCUT2D eigenvalue weighted by atomic mass is 16.5. The smallest absolute Gasteiger partial charge is 0.343 e. The predicted molar refractivity (Wildman–Crippen MR) is 90.2 cm³/mol. The zero-order valence-corrected chi connectivity index (χ0v) is 13.1. The summed E-state index contributed by atoms with van der Waals surface area (Å²) in [6, 6.07) is 10.4. The number of hydrogen-bond donors (Lipinski definition) is 2. The Morgan fingerprint density at radius 3 is 2.76 bits per heavy atom. The Morgan fingerprint density at radius 1 is 1.20 bits per heavy atom. The Morgan fingerprint density at radius 2 is 2.00 bits per heavy atom. The van der Waals surface area contributed by atoms with Crippen LogP contribution in [0.15, 0.2) is 51.0 Å². The van der Waals surface area contributed by atoms with Gasteiger partial charge in [-0.15, -0.1) is 10.2 Å². The van der Waals surface area contributed by atoms with Crippen molar-refractivity contribution in [3.05, 3.63) is 53.3 Å². The molecule has 2 aromatic carbocycles. The second kappa shape index (κ2) is 5.48. The van der Waals surface area contributed by atoms with E-state index in [4.69, 9.17) is 9.15 Å². The molecule has 3 aromatic rings. The summed E-state index contributed by atoms with van der Waals surface area (Å²) in [5.41, 5.74) is 1.94. The van der Waals surface area contributed by atoms with E-state index in [0.717, 1.165) is 11.3 Å². The van der Waals surface area contributed by atoms with Gasteiger partial charge in [0.05, 0.1) is 23.9 Å². The molecule has 7 heteroatoms. The standard InChI is InChI=1S/C18H12N2O5/c1-24-13-7-6-10-16(21)14(25-17(10)15(13)18(22)23)8-12-9-4-2-3-5-11(9)19-20-12/h2-8,21H,1H3,(H,22,23). The second-order valence-corrected chi connectivity index (χ2v) is 5.39. The Balaban J connectivity index is 1.92. The van der Waals surface area contributed by atoms with Crippen molar-refractivity contribution in [2.45, 2.75) is 0 Å². The van der Waals surface area contributed by atoms with E-state index in [1.165, 1.54) is 19.3 Å². The average Bonchev–Trinajstić information content (AvgIpc) is 3.16. The van der Waals surface area contributed by atoms with Crippen molar-refractivity contribution in [3.8, 4) is 11.5 Å². The Labute approximate surface area is 141 Å². The van der Waals surface area contributed by atoms with Gasteiger partial charge in [-0.1, -0.05) is 18.2 Å². The number of azo groups is 1. The van der Waals surface area contributed by atoms with Crippen LogP contribution in [0.3, 0.4) is 0 Å². The lowest BCUT2D eigenvalue weighted by molar-refractivity contribution is 0.0694. The molecular weight excluding hydrogens is 324 g/mol. The highest BCUT2D eigenvalue weighted by molar-refractivity contribution is 6.06. The third-order valence-corrected chi connectivity index (χ3v) is 3.97. The number of benzene rings is 2. The predicted octanol–water partition coefficient (Wildman–Crippen LogP) is 4.44. The molecule has 1 aliphatic rings. The lowest BCUT2D eigenvalue weighted by Crippen LogP contribution is -2.00. The monoisotopic (exact) mass is 336 g/mol. The molecule has 0 radical (unpaired) electrons. The van der Waals surface area contributed by atoms with Crippen molar-refractivity contribution in [1.29, 1.82) is 0 Å². The van der Waals surface area contributed by atoms with Gasteiger partial charge in [0.15, 0.2) is 17.1 Å². The van der Waals surface area contributed by atoms with Gasteiger partial charge >= 0.3 is 5.97 Å². The van der Waals surface area contributed by atoms with Crippen molar-refractivity contribution in [3.63, 3.8) is 0 Å². The molecular formula is C18H12N2O5. The molecule has 4 rings (SSSR count). The van der Waals surface area contributed by atoms with Gasteiger partial charge in [0.2, 0.25) is 0 Å². The summed E-state index contributed by atoms with van der Waals surface area (Å²) < 4.78 is 10.7. The van der Waals surface area contributed by atoms with Gasteiger partial charge in [-0.25, -0.2) is 4.79 Å².